The van der Waals surface area contributed by atoms with Crippen LogP contribution in [0.15, 0.2) is 58.4 Å². The van der Waals surface area contributed by atoms with Crippen LogP contribution in [0.1, 0.15) is 19.4 Å². The molecule has 6 heteroatoms. The zero-order valence-corrected chi connectivity index (χ0v) is 17.3. The van der Waals surface area contributed by atoms with E-state index in [2.05, 4.69) is 13.8 Å². The highest BCUT2D eigenvalue weighted by Crippen LogP contribution is 2.36. The van der Waals surface area contributed by atoms with E-state index in [1.165, 1.54) is 11.8 Å². The van der Waals surface area contributed by atoms with Crippen LogP contribution in [0.4, 0.5) is 5.69 Å². The second-order valence-corrected chi connectivity index (χ2v) is 7.77. The van der Waals surface area contributed by atoms with E-state index in [9.17, 15) is 4.79 Å². The summed E-state index contributed by atoms with van der Waals surface area (Å²) in [7, 11) is 3.20. The van der Waals surface area contributed by atoms with Gasteiger partial charge in [-0.15, -0.1) is 0 Å². The predicted octanol–water partition coefficient (Wildman–Crippen LogP) is 4.96. The molecule has 0 N–H and O–H groups in total. The number of methoxy groups -OCH3 is 2. The van der Waals surface area contributed by atoms with Gasteiger partial charge in [0.15, 0.2) is 16.7 Å². The van der Waals surface area contributed by atoms with Gasteiger partial charge >= 0.3 is 0 Å². The minimum absolute atomic E-state index is 0.0248. The molecule has 0 aliphatic carbocycles. The highest BCUT2D eigenvalue weighted by Gasteiger charge is 2.33. The van der Waals surface area contributed by atoms with Crippen molar-refractivity contribution in [3.8, 4) is 11.5 Å². The number of carbonyl (C=O) groups is 1. The number of para-hydroxylation sites is 1. The molecule has 1 aliphatic rings. The predicted molar refractivity (Wildman–Crippen MR) is 115 cm³/mol. The molecule has 2 aromatic rings. The van der Waals surface area contributed by atoms with Crippen molar-refractivity contribution in [2.45, 2.75) is 13.8 Å². The Hall–Kier alpha value is -2.73. The Bertz CT molecular complexity index is 907. The van der Waals surface area contributed by atoms with E-state index in [1.54, 1.807) is 19.1 Å². The van der Waals surface area contributed by atoms with Crippen LogP contribution in [0.3, 0.4) is 0 Å². The number of carbonyl (C=O) groups excluding carboxylic acids is 1. The lowest BCUT2D eigenvalue weighted by molar-refractivity contribution is -0.122. The van der Waals surface area contributed by atoms with Crippen molar-refractivity contribution in [3.05, 3.63) is 59.0 Å². The summed E-state index contributed by atoms with van der Waals surface area (Å²) in [5, 5.41) is 0.705. The van der Waals surface area contributed by atoms with Gasteiger partial charge in [0.2, 0.25) is 0 Å². The number of thioether (sulfide) groups is 1. The fourth-order valence-corrected chi connectivity index (χ4v) is 3.83. The molecular weight excluding hydrogens is 372 g/mol. The molecule has 0 aromatic heterocycles. The van der Waals surface area contributed by atoms with Gasteiger partial charge < -0.3 is 9.47 Å². The first-order chi connectivity index (χ1) is 13.5. The summed E-state index contributed by atoms with van der Waals surface area (Å²) >= 11 is 1.40. The second kappa shape index (κ2) is 8.97. The molecule has 3 rings (SSSR count). The Labute approximate surface area is 170 Å². The lowest BCUT2D eigenvalue weighted by Crippen LogP contribution is -2.32. The number of rotatable bonds is 6. The zero-order chi connectivity index (χ0) is 20.1. The quantitative estimate of drug-likeness (QED) is 0.647. The molecule has 1 fully saturated rings. The largest absolute Gasteiger partial charge is 0.493 e. The molecule has 2 aromatic carbocycles. The summed E-state index contributed by atoms with van der Waals surface area (Å²) in [6, 6.07) is 15.3. The first kappa shape index (κ1) is 20.0. The number of ether oxygens (including phenoxy) is 2. The Morgan fingerprint density at radius 1 is 1.07 bits per heavy atom. The topological polar surface area (TPSA) is 51.1 Å². The molecule has 0 saturated carbocycles. The molecule has 1 amide bonds. The lowest BCUT2D eigenvalue weighted by atomic mass is 10.1. The van der Waals surface area contributed by atoms with E-state index >= 15 is 0 Å². The summed E-state index contributed by atoms with van der Waals surface area (Å²) in [4.78, 5) is 20.1. The number of amides is 1. The van der Waals surface area contributed by atoms with Gasteiger partial charge in [0.25, 0.3) is 5.91 Å². The van der Waals surface area contributed by atoms with E-state index in [-0.39, 0.29) is 5.91 Å². The number of hydrogen-bond donors (Lipinski definition) is 0. The van der Waals surface area contributed by atoms with Gasteiger partial charge in [-0.2, -0.15) is 0 Å². The zero-order valence-electron chi connectivity index (χ0n) is 16.5. The molecule has 0 bridgehead atoms. The van der Waals surface area contributed by atoms with Gasteiger partial charge in [-0.1, -0.05) is 38.1 Å². The van der Waals surface area contributed by atoms with Crippen molar-refractivity contribution in [1.82, 2.24) is 4.90 Å². The minimum atomic E-state index is -0.0248. The van der Waals surface area contributed by atoms with Crippen LogP contribution in [-0.2, 0) is 4.79 Å². The van der Waals surface area contributed by atoms with Crippen molar-refractivity contribution in [3.63, 3.8) is 0 Å². The van der Waals surface area contributed by atoms with E-state index < -0.39 is 0 Å². The normalized spacial score (nSPS) is 17.0. The number of hydrogen-bond acceptors (Lipinski definition) is 5. The molecule has 1 heterocycles. The van der Waals surface area contributed by atoms with Gasteiger partial charge in [-0.05, 0) is 53.6 Å². The van der Waals surface area contributed by atoms with Gasteiger partial charge in [0, 0.05) is 6.54 Å². The molecule has 28 heavy (non-hydrogen) atoms. The average molecular weight is 397 g/mol. The molecular formula is C22H24N2O3S. The first-order valence-electron chi connectivity index (χ1n) is 9.09. The van der Waals surface area contributed by atoms with E-state index in [0.29, 0.717) is 34.0 Å². The molecule has 5 nitrogen and oxygen atoms in total. The van der Waals surface area contributed by atoms with Crippen LogP contribution in [0.5, 0.6) is 11.5 Å². The molecule has 146 valence electrons. The summed E-state index contributed by atoms with van der Waals surface area (Å²) in [6.07, 6.45) is 1.87. The monoisotopic (exact) mass is 396 g/mol. The Balaban J connectivity index is 1.95. The van der Waals surface area contributed by atoms with Crippen molar-refractivity contribution in [1.29, 1.82) is 0 Å². The van der Waals surface area contributed by atoms with Crippen molar-refractivity contribution in [2.75, 3.05) is 20.8 Å². The maximum atomic E-state index is 13.0. The SMILES string of the molecule is COc1ccc(/C=C2\SC(=Nc3ccccc3)N(CC(C)C)C2=O)cc1OC. The van der Waals surface area contributed by atoms with Crippen LogP contribution in [0, 0.1) is 5.92 Å². The third-order valence-corrected chi connectivity index (χ3v) is 5.13. The fourth-order valence-electron chi connectivity index (χ4n) is 2.82. The van der Waals surface area contributed by atoms with E-state index in [0.717, 1.165) is 11.3 Å². The van der Waals surface area contributed by atoms with Crippen molar-refractivity contribution in [2.24, 2.45) is 10.9 Å². The highest BCUT2D eigenvalue weighted by molar-refractivity contribution is 8.18. The van der Waals surface area contributed by atoms with Gasteiger partial charge in [-0.3, -0.25) is 9.69 Å². The summed E-state index contributed by atoms with van der Waals surface area (Å²) in [6.45, 7) is 4.81. The van der Waals surface area contributed by atoms with Crippen LogP contribution in [0.2, 0.25) is 0 Å². The number of amidine groups is 1. The third-order valence-electron chi connectivity index (χ3n) is 4.12. The Morgan fingerprint density at radius 3 is 2.43 bits per heavy atom. The van der Waals surface area contributed by atoms with E-state index in [4.69, 9.17) is 14.5 Å². The lowest BCUT2D eigenvalue weighted by Gasteiger charge is -2.17. The Morgan fingerprint density at radius 2 is 1.79 bits per heavy atom. The van der Waals surface area contributed by atoms with Crippen molar-refractivity contribution < 1.29 is 14.3 Å². The van der Waals surface area contributed by atoms with Gasteiger partial charge in [0.05, 0.1) is 24.8 Å². The third kappa shape index (κ3) is 4.57. The maximum Gasteiger partial charge on any atom is 0.266 e. The number of aliphatic imine (C=N–C) groups is 1. The molecule has 0 atom stereocenters. The molecule has 0 spiro atoms. The summed E-state index contributed by atoms with van der Waals surface area (Å²) in [5.41, 5.74) is 1.71. The molecule has 1 aliphatic heterocycles. The first-order valence-corrected chi connectivity index (χ1v) is 9.90. The number of benzene rings is 2. The summed E-state index contributed by atoms with van der Waals surface area (Å²) < 4.78 is 10.6. The van der Waals surface area contributed by atoms with Gasteiger partial charge in [-0.25, -0.2) is 4.99 Å². The number of nitrogens with zero attached hydrogens (tertiary/aromatic N) is 2. The van der Waals surface area contributed by atoms with Crippen molar-refractivity contribution >= 4 is 34.6 Å². The van der Waals surface area contributed by atoms with Crippen LogP contribution < -0.4 is 9.47 Å². The standard InChI is InChI=1S/C22H24N2O3S/c1-15(2)14-24-21(25)20(28-22(24)23-17-8-6-5-7-9-17)13-16-10-11-18(26-3)19(12-16)27-4/h5-13,15H,14H2,1-4H3/b20-13-,23-22?. The summed E-state index contributed by atoms with van der Waals surface area (Å²) in [5.74, 6) is 1.60. The average Bonchev–Trinajstić information content (AvgIpc) is 2.97. The molecule has 1 saturated heterocycles. The molecule has 0 unspecified atom stereocenters. The van der Waals surface area contributed by atoms with Crippen LogP contribution in [-0.4, -0.2) is 36.7 Å². The van der Waals surface area contributed by atoms with E-state index in [1.807, 2.05) is 54.6 Å². The smallest absolute Gasteiger partial charge is 0.266 e. The highest BCUT2D eigenvalue weighted by atomic mass is 32.2. The van der Waals surface area contributed by atoms with Gasteiger partial charge in [0.1, 0.15) is 0 Å². The molecule has 0 radical (unpaired) electrons. The minimum Gasteiger partial charge on any atom is -0.493 e. The Kier molecular flexibility index (Phi) is 6.41. The van der Waals surface area contributed by atoms with Crippen LogP contribution in [0.25, 0.3) is 6.08 Å². The fraction of sp³-hybridized carbons (Fsp3) is 0.273. The second-order valence-electron chi connectivity index (χ2n) is 6.76. The maximum absolute atomic E-state index is 13.0. The van der Waals surface area contributed by atoms with Crippen LogP contribution >= 0.6 is 11.8 Å².